The highest BCUT2D eigenvalue weighted by atomic mass is 32.2. The highest BCUT2D eigenvalue weighted by Crippen LogP contribution is 2.51. The topological polar surface area (TPSA) is 58.2 Å². The van der Waals surface area contributed by atoms with Crippen molar-refractivity contribution < 1.29 is 8.42 Å². The Hall–Kier alpha value is -3.05. The highest BCUT2D eigenvalue weighted by molar-refractivity contribution is 7.92. The quantitative estimate of drug-likeness (QED) is 0.468. The average molecular weight is 445 g/mol. The van der Waals surface area contributed by atoms with E-state index in [0.717, 1.165) is 17.7 Å². The standard InChI is InChI=1S/C27H28N2O2S/c1-17-14-18(2)26(19(3)15-17)27-23-11-7-10-22(23)24-16-21(12-13-25(24)28-27)32(30,31)29-20-8-5-4-6-9-20/h4-10,12-16,22-23,27-29H,11H2,1-3H3. The van der Waals surface area contributed by atoms with Crippen LogP contribution in [0, 0.1) is 26.7 Å². The number of benzene rings is 3. The van der Waals surface area contributed by atoms with Gasteiger partial charge in [0.1, 0.15) is 0 Å². The maximum atomic E-state index is 13.0. The van der Waals surface area contributed by atoms with Gasteiger partial charge in [-0.2, -0.15) is 0 Å². The van der Waals surface area contributed by atoms with Crippen LogP contribution in [0.2, 0.25) is 0 Å². The van der Waals surface area contributed by atoms with E-state index in [4.69, 9.17) is 0 Å². The van der Waals surface area contributed by atoms with Gasteiger partial charge in [0.05, 0.1) is 10.9 Å². The van der Waals surface area contributed by atoms with E-state index in [9.17, 15) is 8.42 Å². The molecule has 0 radical (unpaired) electrons. The zero-order valence-corrected chi connectivity index (χ0v) is 19.4. The van der Waals surface area contributed by atoms with Crippen LogP contribution in [0.25, 0.3) is 0 Å². The summed E-state index contributed by atoms with van der Waals surface area (Å²) in [5, 5.41) is 3.76. The number of sulfonamides is 1. The first kappa shape index (κ1) is 20.8. The molecule has 164 valence electrons. The van der Waals surface area contributed by atoms with Crippen LogP contribution in [0.4, 0.5) is 11.4 Å². The molecule has 3 aromatic carbocycles. The fraction of sp³-hybridized carbons (Fsp3) is 0.259. The molecule has 3 unspecified atom stereocenters. The summed E-state index contributed by atoms with van der Waals surface area (Å²) in [6, 6.07) is 19.2. The molecule has 2 aliphatic rings. The van der Waals surface area contributed by atoms with Crippen molar-refractivity contribution in [2.24, 2.45) is 5.92 Å². The number of aryl methyl sites for hydroxylation is 3. The first-order chi connectivity index (χ1) is 15.3. The molecule has 0 fully saturated rings. The number of hydrogen-bond donors (Lipinski definition) is 2. The second-order valence-electron chi connectivity index (χ2n) is 9.01. The second kappa shape index (κ2) is 7.82. The number of hydrogen-bond acceptors (Lipinski definition) is 3. The summed E-state index contributed by atoms with van der Waals surface area (Å²) in [5.41, 5.74) is 7.89. The fourth-order valence-electron chi connectivity index (χ4n) is 5.43. The number of rotatable bonds is 4. The summed E-state index contributed by atoms with van der Waals surface area (Å²) in [4.78, 5) is 0.294. The summed E-state index contributed by atoms with van der Waals surface area (Å²) < 4.78 is 28.8. The molecule has 5 heteroatoms. The van der Waals surface area contributed by atoms with Gasteiger partial charge in [0.2, 0.25) is 0 Å². The molecule has 1 aliphatic heterocycles. The van der Waals surface area contributed by atoms with Gasteiger partial charge in [-0.1, -0.05) is 48.0 Å². The predicted octanol–water partition coefficient (Wildman–Crippen LogP) is 6.24. The van der Waals surface area contributed by atoms with E-state index in [1.807, 2.05) is 30.3 Å². The van der Waals surface area contributed by atoms with Crippen molar-refractivity contribution >= 4 is 21.4 Å². The molecule has 32 heavy (non-hydrogen) atoms. The lowest BCUT2D eigenvalue weighted by Gasteiger charge is -2.39. The van der Waals surface area contributed by atoms with Crippen LogP contribution >= 0.6 is 0 Å². The molecule has 0 aromatic heterocycles. The smallest absolute Gasteiger partial charge is 0.261 e. The molecule has 0 amide bonds. The average Bonchev–Trinajstić information content (AvgIpc) is 3.23. The maximum absolute atomic E-state index is 13.0. The molecule has 2 N–H and O–H groups in total. The Morgan fingerprint density at radius 3 is 2.38 bits per heavy atom. The van der Waals surface area contributed by atoms with Gasteiger partial charge in [-0.25, -0.2) is 8.42 Å². The number of anilines is 2. The molecule has 0 saturated heterocycles. The first-order valence-electron chi connectivity index (χ1n) is 11.1. The van der Waals surface area contributed by atoms with Crippen LogP contribution in [-0.4, -0.2) is 8.42 Å². The monoisotopic (exact) mass is 444 g/mol. The Morgan fingerprint density at radius 2 is 1.66 bits per heavy atom. The van der Waals surface area contributed by atoms with Gasteiger partial charge in [-0.05, 0) is 85.7 Å². The summed E-state index contributed by atoms with van der Waals surface area (Å²) in [6.07, 6.45) is 5.46. The Kier molecular flexibility index (Phi) is 5.09. The molecule has 3 aromatic rings. The van der Waals surface area contributed by atoms with Crippen LogP contribution < -0.4 is 10.0 Å². The number of nitrogens with one attached hydrogen (secondary N) is 2. The highest BCUT2D eigenvalue weighted by Gasteiger charge is 2.39. The predicted molar refractivity (Wildman–Crippen MR) is 131 cm³/mol. The SMILES string of the molecule is Cc1cc(C)c(C2Nc3ccc(S(=O)(=O)Nc4ccccc4)cc3C3C=CCC32)c(C)c1. The van der Waals surface area contributed by atoms with Gasteiger partial charge in [0, 0.05) is 17.3 Å². The van der Waals surface area contributed by atoms with Crippen LogP contribution in [0.15, 0.2) is 77.7 Å². The van der Waals surface area contributed by atoms with Crippen LogP contribution in [0.1, 0.15) is 46.2 Å². The minimum Gasteiger partial charge on any atom is -0.378 e. The molecule has 1 aliphatic carbocycles. The van der Waals surface area contributed by atoms with E-state index in [1.54, 1.807) is 18.2 Å². The zero-order valence-electron chi connectivity index (χ0n) is 18.6. The van der Waals surface area contributed by atoms with E-state index in [0.29, 0.717) is 16.5 Å². The second-order valence-corrected chi connectivity index (χ2v) is 10.7. The third-order valence-electron chi connectivity index (χ3n) is 6.72. The maximum Gasteiger partial charge on any atom is 0.261 e. The number of allylic oxidation sites excluding steroid dienone is 2. The number of fused-ring (bicyclic) bond motifs is 3. The largest absolute Gasteiger partial charge is 0.378 e. The number of para-hydroxylation sites is 1. The van der Waals surface area contributed by atoms with Gasteiger partial charge in [0.15, 0.2) is 0 Å². The lowest BCUT2D eigenvalue weighted by Crippen LogP contribution is -2.30. The van der Waals surface area contributed by atoms with Crippen molar-refractivity contribution in [2.75, 3.05) is 10.0 Å². The Labute approximate surface area is 190 Å². The molecular weight excluding hydrogens is 416 g/mol. The van der Waals surface area contributed by atoms with Gasteiger partial charge >= 0.3 is 0 Å². The Balaban J connectivity index is 1.53. The van der Waals surface area contributed by atoms with Crippen molar-refractivity contribution in [2.45, 2.75) is 44.0 Å². The van der Waals surface area contributed by atoms with Crippen molar-refractivity contribution in [3.63, 3.8) is 0 Å². The lowest BCUT2D eigenvalue weighted by molar-refractivity contribution is 0.422. The fourth-order valence-corrected chi connectivity index (χ4v) is 6.52. The molecule has 5 rings (SSSR count). The summed E-state index contributed by atoms with van der Waals surface area (Å²) >= 11 is 0. The van der Waals surface area contributed by atoms with Gasteiger partial charge in [0.25, 0.3) is 10.0 Å². The third-order valence-corrected chi connectivity index (χ3v) is 8.10. The third kappa shape index (κ3) is 3.61. The van der Waals surface area contributed by atoms with E-state index < -0.39 is 10.0 Å². The first-order valence-corrected chi connectivity index (χ1v) is 12.5. The van der Waals surface area contributed by atoms with Gasteiger partial charge < -0.3 is 5.32 Å². The van der Waals surface area contributed by atoms with Crippen molar-refractivity contribution in [3.05, 3.63) is 101 Å². The van der Waals surface area contributed by atoms with E-state index in [1.165, 1.54) is 22.3 Å². The molecule has 0 spiro atoms. The van der Waals surface area contributed by atoms with Crippen molar-refractivity contribution in [1.82, 2.24) is 0 Å². The van der Waals surface area contributed by atoms with Crippen LogP contribution in [0.3, 0.4) is 0 Å². The van der Waals surface area contributed by atoms with E-state index >= 15 is 0 Å². The van der Waals surface area contributed by atoms with Crippen molar-refractivity contribution in [3.8, 4) is 0 Å². The van der Waals surface area contributed by atoms with Crippen LogP contribution in [-0.2, 0) is 10.0 Å². The summed E-state index contributed by atoms with van der Waals surface area (Å²) in [5.74, 6) is 0.561. The minimum absolute atomic E-state index is 0.197. The Morgan fingerprint density at radius 1 is 0.938 bits per heavy atom. The molecule has 0 saturated carbocycles. The molecule has 0 bridgehead atoms. The molecule has 1 heterocycles. The van der Waals surface area contributed by atoms with Crippen molar-refractivity contribution in [1.29, 1.82) is 0 Å². The zero-order chi connectivity index (χ0) is 22.5. The molecular formula is C27H28N2O2S. The summed E-state index contributed by atoms with van der Waals surface area (Å²) in [7, 11) is -3.66. The van der Waals surface area contributed by atoms with Gasteiger partial charge in [-0.15, -0.1) is 0 Å². The Bertz CT molecular complexity index is 1290. The van der Waals surface area contributed by atoms with Gasteiger partial charge in [-0.3, -0.25) is 4.72 Å². The lowest BCUT2D eigenvalue weighted by atomic mass is 9.75. The van der Waals surface area contributed by atoms with E-state index in [2.05, 4.69) is 55.1 Å². The minimum atomic E-state index is -3.66. The molecule has 3 atom stereocenters. The normalized spacial score (nSPS) is 21.5. The summed E-state index contributed by atoms with van der Waals surface area (Å²) in [6.45, 7) is 6.52. The molecule has 4 nitrogen and oxygen atoms in total. The van der Waals surface area contributed by atoms with E-state index in [-0.39, 0.29) is 12.0 Å². The van der Waals surface area contributed by atoms with Crippen LogP contribution in [0.5, 0.6) is 0 Å².